The number of hydrogen-bond acceptors (Lipinski definition) is 3. The summed E-state index contributed by atoms with van der Waals surface area (Å²) >= 11 is 6.32. The zero-order valence-electron chi connectivity index (χ0n) is 15.0. The molecule has 1 aliphatic heterocycles. The molecule has 0 atom stereocenters. The zero-order valence-corrected chi connectivity index (χ0v) is 17.3. The van der Waals surface area contributed by atoms with Crippen molar-refractivity contribution in [2.75, 3.05) is 33.3 Å². The third-order valence-electron chi connectivity index (χ3n) is 4.24. The van der Waals surface area contributed by atoms with Gasteiger partial charge in [0, 0.05) is 25.0 Å². The van der Waals surface area contributed by atoms with Gasteiger partial charge < -0.3 is 20.8 Å². The molecule has 0 radical (unpaired) electrons. The second-order valence-corrected chi connectivity index (χ2v) is 6.41. The van der Waals surface area contributed by atoms with Crippen molar-refractivity contribution < 1.29 is 9.53 Å². The van der Waals surface area contributed by atoms with E-state index in [4.69, 9.17) is 22.1 Å². The lowest BCUT2D eigenvalue weighted by molar-refractivity contribution is 0.0998. The number of guanidine groups is 1. The van der Waals surface area contributed by atoms with Crippen LogP contribution in [-0.4, -0.2) is 55.0 Å². The fourth-order valence-electron chi connectivity index (χ4n) is 2.89. The van der Waals surface area contributed by atoms with E-state index >= 15 is 0 Å². The van der Waals surface area contributed by atoms with Crippen LogP contribution >= 0.6 is 36.4 Å². The van der Waals surface area contributed by atoms with Crippen molar-refractivity contribution in [2.24, 2.45) is 10.7 Å². The number of halogens is 3. The van der Waals surface area contributed by atoms with E-state index in [2.05, 4.69) is 20.2 Å². The molecule has 0 bridgehead atoms. The van der Waals surface area contributed by atoms with E-state index in [9.17, 15) is 4.79 Å². The SMILES string of the molecule is CNC(N)=NC(=O)c1cc2c(Cl)cc(OCCN3CCCC3)cc2[nH]1.Cl.Cl. The van der Waals surface area contributed by atoms with Crippen LogP contribution in [0.1, 0.15) is 23.3 Å². The second-order valence-electron chi connectivity index (χ2n) is 6.00. The number of hydrogen-bond donors (Lipinski definition) is 3. The first-order chi connectivity index (χ1) is 12.1. The number of aromatic nitrogens is 1. The summed E-state index contributed by atoms with van der Waals surface area (Å²) in [6, 6.07) is 5.27. The Morgan fingerprint density at radius 2 is 2.04 bits per heavy atom. The minimum atomic E-state index is -0.462. The molecule has 0 saturated carbocycles. The predicted octanol–water partition coefficient (Wildman–Crippen LogP) is 2.81. The molecule has 1 amide bonds. The number of nitrogens with two attached hydrogens (primary N) is 1. The third kappa shape index (κ3) is 5.90. The predicted molar refractivity (Wildman–Crippen MR) is 114 cm³/mol. The van der Waals surface area contributed by atoms with Gasteiger partial charge in [0.05, 0.1) is 10.5 Å². The fourth-order valence-corrected chi connectivity index (χ4v) is 3.16. The summed E-state index contributed by atoms with van der Waals surface area (Å²) in [4.78, 5) is 21.2. The number of ether oxygens (including phenoxy) is 1. The van der Waals surface area contributed by atoms with Crippen LogP contribution in [0, 0.1) is 0 Å². The van der Waals surface area contributed by atoms with Crippen molar-refractivity contribution in [1.29, 1.82) is 0 Å². The summed E-state index contributed by atoms with van der Waals surface area (Å²) in [5.74, 6) is 0.270. The molecule has 150 valence electrons. The van der Waals surface area contributed by atoms with Gasteiger partial charge in [-0.1, -0.05) is 11.6 Å². The van der Waals surface area contributed by atoms with Gasteiger partial charge in [-0.05, 0) is 38.1 Å². The Morgan fingerprint density at radius 1 is 1.33 bits per heavy atom. The largest absolute Gasteiger partial charge is 0.492 e. The maximum atomic E-state index is 12.1. The number of benzene rings is 1. The lowest BCUT2D eigenvalue weighted by Crippen LogP contribution is -2.28. The molecule has 0 spiro atoms. The number of nitrogens with zero attached hydrogens (tertiary/aromatic N) is 2. The normalized spacial score (nSPS) is 14.5. The summed E-state index contributed by atoms with van der Waals surface area (Å²) in [7, 11) is 1.60. The van der Waals surface area contributed by atoms with E-state index < -0.39 is 5.91 Å². The lowest BCUT2D eigenvalue weighted by atomic mass is 10.2. The summed E-state index contributed by atoms with van der Waals surface area (Å²) in [6.45, 7) is 3.79. The Kier molecular flexibility index (Phi) is 9.18. The van der Waals surface area contributed by atoms with Gasteiger partial charge in [0.1, 0.15) is 18.1 Å². The van der Waals surface area contributed by atoms with Crippen LogP contribution in [0.15, 0.2) is 23.2 Å². The molecule has 2 aromatic rings. The molecular weight excluding hydrogens is 413 g/mol. The monoisotopic (exact) mass is 435 g/mol. The summed E-state index contributed by atoms with van der Waals surface area (Å²) in [5.41, 5.74) is 6.57. The van der Waals surface area contributed by atoms with Gasteiger partial charge in [0.2, 0.25) is 0 Å². The Hall–Kier alpha value is -1.67. The molecule has 2 heterocycles. The van der Waals surface area contributed by atoms with Crippen LogP contribution in [0.2, 0.25) is 5.02 Å². The molecule has 0 unspecified atom stereocenters. The molecular formula is C17H24Cl3N5O2. The molecule has 10 heteroatoms. The highest BCUT2D eigenvalue weighted by molar-refractivity contribution is 6.35. The summed E-state index contributed by atoms with van der Waals surface area (Å²) in [5, 5.41) is 3.88. The molecule has 1 aromatic heterocycles. The molecule has 1 saturated heterocycles. The highest BCUT2D eigenvalue weighted by Gasteiger charge is 2.14. The van der Waals surface area contributed by atoms with Gasteiger partial charge in [-0.25, -0.2) is 0 Å². The molecule has 4 N–H and O–H groups in total. The summed E-state index contributed by atoms with van der Waals surface area (Å²) < 4.78 is 5.82. The first kappa shape index (κ1) is 23.4. The van der Waals surface area contributed by atoms with Crippen LogP contribution in [0.25, 0.3) is 10.9 Å². The van der Waals surface area contributed by atoms with Crippen molar-refractivity contribution >= 4 is 59.2 Å². The smallest absolute Gasteiger partial charge is 0.296 e. The Balaban J connectivity index is 0.00000182. The molecule has 1 aliphatic rings. The van der Waals surface area contributed by atoms with Crippen LogP contribution in [0.4, 0.5) is 0 Å². The van der Waals surface area contributed by atoms with Crippen LogP contribution in [0.3, 0.4) is 0 Å². The molecule has 3 rings (SSSR count). The van der Waals surface area contributed by atoms with Gasteiger partial charge >= 0.3 is 0 Å². The zero-order chi connectivity index (χ0) is 17.8. The van der Waals surface area contributed by atoms with E-state index in [-0.39, 0.29) is 30.8 Å². The van der Waals surface area contributed by atoms with Crippen molar-refractivity contribution in [3.63, 3.8) is 0 Å². The molecule has 0 aliphatic carbocycles. The van der Waals surface area contributed by atoms with Crippen molar-refractivity contribution in [1.82, 2.24) is 15.2 Å². The minimum Gasteiger partial charge on any atom is -0.492 e. The van der Waals surface area contributed by atoms with Crippen molar-refractivity contribution in [3.05, 3.63) is 28.9 Å². The molecule has 7 nitrogen and oxygen atoms in total. The van der Waals surface area contributed by atoms with Gasteiger partial charge in [-0.15, -0.1) is 24.8 Å². The maximum Gasteiger partial charge on any atom is 0.296 e. The molecule has 1 fully saturated rings. The highest BCUT2D eigenvalue weighted by Crippen LogP contribution is 2.30. The van der Waals surface area contributed by atoms with Crippen molar-refractivity contribution in [3.8, 4) is 5.75 Å². The number of amides is 1. The maximum absolute atomic E-state index is 12.1. The Morgan fingerprint density at radius 3 is 2.70 bits per heavy atom. The van der Waals surface area contributed by atoms with Gasteiger partial charge in [0.25, 0.3) is 5.91 Å². The number of H-pyrrole nitrogens is 1. The number of carbonyl (C=O) groups excluding carboxylic acids is 1. The number of rotatable bonds is 5. The minimum absolute atomic E-state index is 0. The van der Waals surface area contributed by atoms with Gasteiger partial charge in [-0.3, -0.25) is 9.69 Å². The van der Waals surface area contributed by atoms with Gasteiger partial charge in [0.15, 0.2) is 5.96 Å². The Labute approximate surface area is 175 Å². The first-order valence-corrected chi connectivity index (χ1v) is 8.68. The van der Waals surface area contributed by atoms with E-state index in [1.165, 1.54) is 12.8 Å². The number of aliphatic imine (C=N–C) groups is 1. The molecule has 27 heavy (non-hydrogen) atoms. The second kappa shape index (κ2) is 10.6. The van der Waals surface area contributed by atoms with Crippen LogP contribution < -0.4 is 15.8 Å². The Bertz CT molecular complexity index is 803. The number of aromatic amines is 1. The third-order valence-corrected chi connectivity index (χ3v) is 4.56. The first-order valence-electron chi connectivity index (χ1n) is 8.30. The highest BCUT2D eigenvalue weighted by atomic mass is 35.5. The van der Waals surface area contributed by atoms with E-state index in [0.29, 0.717) is 23.1 Å². The number of carbonyl (C=O) groups is 1. The number of fused-ring (bicyclic) bond motifs is 1. The van der Waals surface area contributed by atoms with Crippen LogP contribution in [-0.2, 0) is 0 Å². The average molecular weight is 437 g/mol. The van der Waals surface area contributed by atoms with Crippen LogP contribution in [0.5, 0.6) is 5.75 Å². The van der Waals surface area contributed by atoms with E-state index in [1.807, 2.05) is 6.07 Å². The summed E-state index contributed by atoms with van der Waals surface area (Å²) in [6.07, 6.45) is 2.52. The standard InChI is InChI=1S/C17H22ClN5O2.2ClH/c1-20-17(19)22-16(24)15-10-12-13(18)8-11(9-14(12)21-15)25-7-6-23-4-2-3-5-23;;/h8-10,21H,2-7H2,1H3,(H3,19,20,22,24);2*1H. The van der Waals surface area contributed by atoms with Crippen molar-refractivity contribution in [2.45, 2.75) is 12.8 Å². The number of likely N-dealkylation sites (tertiary alicyclic amines) is 1. The quantitative estimate of drug-likeness (QED) is 0.495. The lowest BCUT2D eigenvalue weighted by Gasteiger charge is -2.15. The van der Waals surface area contributed by atoms with Gasteiger partial charge in [-0.2, -0.15) is 4.99 Å². The number of nitrogens with one attached hydrogen (secondary N) is 2. The van der Waals surface area contributed by atoms with E-state index in [1.54, 1.807) is 19.2 Å². The molecule has 1 aromatic carbocycles. The van der Waals surface area contributed by atoms with E-state index in [0.717, 1.165) is 30.5 Å². The average Bonchev–Trinajstić information content (AvgIpc) is 3.24. The fraction of sp³-hybridized carbons (Fsp3) is 0.412. The topological polar surface area (TPSA) is 95.7 Å².